The van der Waals surface area contributed by atoms with Gasteiger partial charge in [0.2, 0.25) is 0 Å². The van der Waals surface area contributed by atoms with Gasteiger partial charge in [-0.3, -0.25) is 0 Å². The lowest BCUT2D eigenvalue weighted by molar-refractivity contribution is 0.246. The lowest BCUT2D eigenvalue weighted by Gasteiger charge is -2.29. The van der Waals surface area contributed by atoms with Crippen LogP contribution in [0.5, 0.6) is 5.75 Å². The second kappa shape index (κ2) is 6.27. The summed E-state index contributed by atoms with van der Waals surface area (Å²) in [6, 6.07) is 14.1. The first-order chi connectivity index (χ1) is 10.1. The van der Waals surface area contributed by atoms with Gasteiger partial charge in [-0.15, -0.1) is 0 Å². The smallest absolute Gasteiger partial charge is 0.124 e. The van der Waals surface area contributed by atoms with Crippen LogP contribution >= 0.6 is 23.2 Å². The van der Waals surface area contributed by atoms with Gasteiger partial charge < -0.3 is 10.1 Å². The fourth-order valence-electron chi connectivity index (χ4n) is 2.75. The molecule has 1 aliphatic rings. The quantitative estimate of drug-likeness (QED) is 0.842. The summed E-state index contributed by atoms with van der Waals surface area (Å²) in [5.41, 5.74) is 2.22. The predicted octanol–water partition coefficient (Wildman–Crippen LogP) is 5.17. The molecule has 3 rings (SSSR count). The highest BCUT2D eigenvalue weighted by molar-refractivity contribution is 6.33. The first-order valence-electron chi connectivity index (χ1n) is 7.08. The molecule has 0 radical (unpaired) electrons. The molecule has 0 aliphatic carbocycles. The van der Waals surface area contributed by atoms with Crippen LogP contribution in [0.25, 0.3) is 0 Å². The molecule has 2 aromatic rings. The van der Waals surface area contributed by atoms with E-state index >= 15 is 0 Å². The summed E-state index contributed by atoms with van der Waals surface area (Å²) >= 11 is 12.4. The van der Waals surface area contributed by atoms with E-state index in [0.717, 1.165) is 29.4 Å². The molecule has 1 heterocycles. The molecule has 1 N–H and O–H groups in total. The van der Waals surface area contributed by atoms with E-state index in [9.17, 15) is 0 Å². The van der Waals surface area contributed by atoms with Gasteiger partial charge in [0.25, 0.3) is 0 Å². The normalized spacial score (nSPS) is 18.7. The Kier molecular flexibility index (Phi) is 4.39. The van der Waals surface area contributed by atoms with Crippen molar-refractivity contribution in [3.63, 3.8) is 0 Å². The van der Waals surface area contributed by atoms with Crippen LogP contribution in [0.3, 0.4) is 0 Å². The van der Waals surface area contributed by atoms with Crippen LogP contribution < -0.4 is 10.1 Å². The van der Waals surface area contributed by atoms with Crippen molar-refractivity contribution in [1.82, 2.24) is 5.32 Å². The van der Waals surface area contributed by atoms with Gasteiger partial charge in [-0.2, -0.15) is 0 Å². The SMILES string of the molecule is CC(NC1CCOc2ccccc21)c1cc(Cl)ccc1Cl. The molecule has 0 saturated carbocycles. The maximum Gasteiger partial charge on any atom is 0.124 e. The first kappa shape index (κ1) is 14.7. The molecule has 4 heteroatoms. The standard InChI is InChI=1S/C17H17Cl2NO/c1-11(14-10-12(18)6-7-15(14)19)20-16-8-9-21-17-5-3-2-4-13(16)17/h2-7,10-11,16,20H,8-9H2,1H3. The van der Waals surface area contributed by atoms with E-state index in [1.807, 2.05) is 36.4 Å². The molecule has 0 fully saturated rings. The lowest BCUT2D eigenvalue weighted by Crippen LogP contribution is -2.29. The molecule has 0 spiro atoms. The Morgan fingerprint density at radius 1 is 1.19 bits per heavy atom. The van der Waals surface area contributed by atoms with Crippen LogP contribution in [0.2, 0.25) is 10.0 Å². The highest BCUT2D eigenvalue weighted by Crippen LogP contribution is 2.34. The molecule has 0 aromatic heterocycles. The number of benzene rings is 2. The molecule has 0 saturated heterocycles. The molecule has 2 atom stereocenters. The molecule has 2 unspecified atom stereocenters. The number of nitrogens with one attached hydrogen (secondary N) is 1. The van der Waals surface area contributed by atoms with Crippen LogP contribution in [-0.4, -0.2) is 6.61 Å². The van der Waals surface area contributed by atoms with Crippen molar-refractivity contribution in [2.24, 2.45) is 0 Å². The van der Waals surface area contributed by atoms with Crippen molar-refractivity contribution in [1.29, 1.82) is 0 Å². The van der Waals surface area contributed by atoms with E-state index in [2.05, 4.69) is 18.3 Å². The number of hydrogen-bond acceptors (Lipinski definition) is 2. The summed E-state index contributed by atoms with van der Waals surface area (Å²) in [5, 5.41) is 5.08. The van der Waals surface area contributed by atoms with Gasteiger partial charge >= 0.3 is 0 Å². The summed E-state index contributed by atoms with van der Waals surface area (Å²) in [5.74, 6) is 0.964. The second-order valence-electron chi connectivity index (χ2n) is 5.28. The summed E-state index contributed by atoms with van der Waals surface area (Å²) in [7, 11) is 0. The summed E-state index contributed by atoms with van der Waals surface area (Å²) < 4.78 is 5.70. The monoisotopic (exact) mass is 321 g/mol. The Balaban J connectivity index is 1.82. The molecule has 21 heavy (non-hydrogen) atoms. The molecular weight excluding hydrogens is 305 g/mol. The number of hydrogen-bond donors (Lipinski definition) is 1. The molecular formula is C17H17Cl2NO. The fraction of sp³-hybridized carbons (Fsp3) is 0.294. The minimum absolute atomic E-state index is 0.118. The molecule has 1 aliphatic heterocycles. The number of ether oxygens (including phenoxy) is 1. The summed E-state index contributed by atoms with van der Waals surface area (Å²) in [6.45, 7) is 2.83. The zero-order valence-corrected chi connectivity index (χ0v) is 13.3. The third-order valence-corrected chi connectivity index (χ3v) is 4.41. The zero-order chi connectivity index (χ0) is 14.8. The molecule has 0 bridgehead atoms. The Morgan fingerprint density at radius 2 is 2.00 bits per heavy atom. The summed E-state index contributed by atoms with van der Waals surface area (Å²) in [4.78, 5) is 0. The van der Waals surface area contributed by atoms with Crippen LogP contribution in [0.15, 0.2) is 42.5 Å². The van der Waals surface area contributed by atoms with Crippen molar-refractivity contribution >= 4 is 23.2 Å². The maximum absolute atomic E-state index is 6.29. The van der Waals surface area contributed by atoms with Crippen molar-refractivity contribution in [2.75, 3.05) is 6.61 Å². The third kappa shape index (κ3) is 3.18. The van der Waals surface area contributed by atoms with Crippen LogP contribution in [0.4, 0.5) is 0 Å². The van der Waals surface area contributed by atoms with E-state index in [1.54, 1.807) is 0 Å². The van der Waals surface area contributed by atoms with Crippen molar-refractivity contribution in [3.05, 3.63) is 63.6 Å². The van der Waals surface area contributed by atoms with Gasteiger partial charge in [-0.05, 0) is 36.8 Å². The van der Waals surface area contributed by atoms with Gasteiger partial charge in [0.1, 0.15) is 5.75 Å². The molecule has 2 aromatic carbocycles. The Labute approximate surface area is 135 Å². The number of fused-ring (bicyclic) bond motifs is 1. The van der Waals surface area contributed by atoms with E-state index in [-0.39, 0.29) is 12.1 Å². The third-order valence-electron chi connectivity index (χ3n) is 3.83. The van der Waals surface area contributed by atoms with Crippen LogP contribution in [0, 0.1) is 0 Å². The Bertz CT molecular complexity index is 644. The minimum Gasteiger partial charge on any atom is -0.493 e. The first-order valence-corrected chi connectivity index (χ1v) is 7.83. The van der Waals surface area contributed by atoms with Crippen molar-refractivity contribution < 1.29 is 4.74 Å². The fourth-order valence-corrected chi connectivity index (χ4v) is 3.21. The Hall–Kier alpha value is -1.22. The minimum atomic E-state index is 0.118. The topological polar surface area (TPSA) is 21.3 Å². The number of halogens is 2. The van der Waals surface area contributed by atoms with Crippen molar-refractivity contribution in [2.45, 2.75) is 25.4 Å². The zero-order valence-electron chi connectivity index (χ0n) is 11.8. The van der Waals surface area contributed by atoms with E-state index in [1.165, 1.54) is 5.56 Å². The van der Waals surface area contributed by atoms with Crippen LogP contribution in [0.1, 0.15) is 36.6 Å². The van der Waals surface area contributed by atoms with E-state index in [4.69, 9.17) is 27.9 Å². The number of para-hydroxylation sites is 1. The van der Waals surface area contributed by atoms with E-state index < -0.39 is 0 Å². The average Bonchev–Trinajstić information content (AvgIpc) is 2.50. The number of rotatable bonds is 3. The maximum atomic E-state index is 6.29. The van der Waals surface area contributed by atoms with Crippen molar-refractivity contribution in [3.8, 4) is 5.75 Å². The highest BCUT2D eigenvalue weighted by Gasteiger charge is 2.23. The molecule has 2 nitrogen and oxygen atoms in total. The lowest BCUT2D eigenvalue weighted by atomic mass is 9.98. The van der Waals surface area contributed by atoms with Gasteiger partial charge in [0.15, 0.2) is 0 Å². The molecule has 110 valence electrons. The Morgan fingerprint density at radius 3 is 2.86 bits per heavy atom. The molecule has 0 amide bonds. The summed E-state index contributed by atoms with van der Waals surface area (Å²) in [6.07, 6.45) is 0.944. The van der Waals surface area contributed by atoms with E-state index in [0.29, 0.717) is 5.02 Å². The van der Waals surface area contributed by atoms with Gasteiger partial charge in [-0.25, -0.2) is 0 Å². The largest absolute Gasteiger partial charge is 0.493 e. The average molecular weight is 322 g/mol. The van der Waals surface area contributed by atoms with Gasteiger partial charge in [-0.1, -0.05) is 41.4 Å². The van der Waals surface area contributed by atoms with Gasteiger partial charge in [0, 0.05) is 34.1 Å². The second-order valence-corrected chi connectivity index (χ2v) is 6.13. The highest BCUT2D eigenvalue weighted by atomic mass is 35.5. The predicted molar refractivity (Wildman–Crippen MR) is 87.3 cm³/mol. The van der Waals surface area contributed by atoms with Gasteiger partial charge in [0.05, 0.1) is 6.61 Å². The van der Waals surface area contributed by atoms with Crippen LogP contribution in [-0.2, 0) is 0 Å².